The van der Waals surface area contributed by atoms with Crippen molar-refractivity contribution in [1.29, 1.82) is 0 Å². The Morgan fingerprint density at radius 3 is 2.84 bits per heavy atom. The second-order valence-corrected chi connectivity index (χ2v) is 4.97. The minimum absolute atomic E-state index is 0.214. The average Bonchev–Trinajstić information content (AvgIpc) is 2.46. The van der Waals surface area contributed by atoms with Crippen LogP contribution in [-0.4, -0.2) is 30.5 Å². The molecule has 1 heterocycles. The number of hydrogen-bond donors (Lipinski definition) is 0. The highest BCUT2D eigenvalue weighted by molar-refractivity contribution is 5.75. The average molecular weight is 265 g/mol. The first kappa shape index (κ1) is 13.8. The van der Waals surface area contributed by atoms with Crippen LogP contribution in [0.1, 0.15) is 26.2 Å². The largest absolute Gasteiger partial charge is 0.493 e. The van der Waals surface area contributed by atoms with Crippen LogP contribution in [0.5, 0.6) is 5.75 Å². The first-order valence-electron chi connectivity index (χ1n) is 6.85. The number of carbonyl (C=O) groups is 1. The maximum absolute atomic E-state index is 12.8. The molecule has 1 fully saturated rings. The molecule has 1 atom stereocenters. The lowest BCUT2D eigenvalue weighted by molar-refractivity contribution is -0.132. The zero-order valence-corrected chi connectivity index (χ0v) is 11.3. The minimum atomic E-state index is -0.260. The highest BCUT2D eigenvalue weighted by Gasteiger charge is 2.23. The van der Waals surface area contributed by atoms with Gasteiger partial charge in [0.15, 0.2) is 0 Å². The van der Waals surface area contributed by atoms with Crippen LogP contribution in [0, 0.1) is 11.7 Å². The summed E-state index contributed by atoms with van der Waals surface area (Å²) in [6, 6.07) is 6.05. The third-order valence-corrected chi connectivity index (χ3v) is 3.47. The first-order chi connectivity index (χ1) is 9.19. The van der Waals surface area contributed by atoms with Gasteiger partial charge < -0.3 is 9.64 Å². The molecule has 0 spiro atoms. The molecule has 2 rings (SSSR count). The van der Waals surface area contributed by atoms with Crippen LogP contribution < -0.4 is 4.74 Å². The lowest BCUT2D eigenvalue weighted by atomic mass is 9.99. The number of nitrogens with zero attached hydrogens (tertiary/aromatic N) is 1. The molecular formula is C15H20FNO2. The number of piperidine rings is 1. The summed E-state index contributed by atoms with van der Waals surface area (Å²) >= 11 is 0. The summed E-state index contributed by atoms with van der Waals surface area (Å²) in [7, 11) is 0. The van der Waals surface area contributed by atoms with Gasteiger partial charge in [0.1, 0.15) is 11.6 Å². The van der Waals surface area contributed by atoms with E-state index < -0.39 is 0 Å². The van der Waals surface area contributed by atoms with E-state index in [-0.39, 0.29) is 11.7 Å². The van der Waals surface area contributed by atoms with Gasteiger partial charge in [-0.2, -0.15) is 0 Å². The molecule has 0 aliphatic carbocycles. The van der Waals surface area contributed by atoms with Gasteiger partial charge in [-0.25, -0.2) is 4.39 Å². The number of hydrogen-bond acceptors (Lipinski definition) is 2. The van der Waals surface area contributed by atoms with Gasteiger partial charge in [-0.15, -0.1) is 0 Å². The van der Waals surface area contributed by atoms with Crippen LogP contribution in [0.15, 0.2) is 24.3 Å². The highest BCUT2D eigenvalue weighted by Crippen LogP contribution is 2.19. The summed E-state index contributed by atoms with van der Waals surface area (Å²) in [5.41, 5.74) is 0. The SMILES string of the molecule is CCC(=O)N1CCCC(COc2ccc(F)cc2)C1. The van der Waals surface area contributed by atoms with Gasteiger partial charge in [-0.1, -0.05) is 6.92 Å². The van der Waals surface area contributed by atoms with Gasteiger partial charge in [0.25, 0.3) is 0 Å². The quantitative estimate of drug-likeness (QED) is 0.837. The number of benzene rings is 1. The molecule has 19 heavy (non-hydrogen) atoms. The van der Waals surface area contributed by atoms with Gasteiger partial charge in [0.2, 0.25) is 5.91 Å². The van der Waals surface area contributed by atoms with Crippen LogP contribution in [0.3, 0.4) is 0 Å². The number of amides is 1. The van der Waals surface area contributed by atoms with E-state index in [1.54, 1.807) is 12.1 Å². The third-order valence-electron chi connectivity index (χ3n) is 3.47. The molecule has 0 aromatic heterocycles. The standard InChI is InChI=1S/C15H20FNO2/c1-2-15(18)17-9-3-4-12(10-17)11-19-14-7-5-13(16)6-8-14/h5-8,12H,2-4,9-11H2,1H3. The van der Waals surface area contributed by atoms with Crippen molar-refractivity contribution in [1.82, 2.24) is 4.90 Å². The van der Waals surface area contributed by atoms with E-state index in [2.05, 4.69) is 0 Å². The molecule has 3 nitrogen and oxygen atoms in total. The lowest BCUT2D eigenvalue weighted by Gasteiger charge is -2.32. The Kier molecular flexibility index (Phi) is 4.77. The van der Waals surface area contributed by atoms with Crippen molar-refractivity contribution >= 4 is 5.91 Å². The fraction of sp³-hybridized carbons (Fsp3) is 0.533. The van der Waals surface area contributed by atoms with Crippen LogP contribution in [0.2, 0.25) is 0 Å². The summed E-state index contributed by atoms with van der Waals surface area (Å²) in [6.45, 7) is 4.10. The number of ether oxygens (including phenoxy) is 1. The van der Waals surface area contributed by atoms with E-state index in [0.29, 0.717) is 24.7 Å². The van der Waals surface area contributed by atoms with Crippen LogP contribution in [-0.2, 0) is 4.79 Å². The van der Waals surface area contributed by atoms with E-state index in [1.807, 2.05) is 11.8 Å². The maximum Gasteiger partial charge on any atom is 0.222 e. The lowest BCUT2D eigenvalue weighted by Crippen LogP contribution is -2.41. The van der Waals surface area contributed by atoms with Crippen molar-refractivity contribution in [2.45, 2.75) is 26.2 Å². The Morgan fingerprint density at radius 2 is 2.16 bits per heavy atom. The topological polar surface area (TPSA) is 29.5 Å². The zero-order chi connectivity index (χ0) is 13.7. The summed E-state index contributed by atoms with van der Waals surface area (Å²) in [5.74, 6) is 1.01. The van der Waals surface area contributed by atoms with E-state index in [0.717, 1.165) is 25.9 Å². The Bertz CT molecular complexity index is 419. The number of rotatable bonds is 4. The monoisotopic (exact) mass is 265 g/mol. The van der Waals surface area contributed by atoms with Gasteiger partial charge >= 0.3 is 0 Å². The Morgan fingerprint density at radius 1 is 1.42 bits per heavy atom. The fourth-order valence-electron chi connectivity index (χ4n) is 2.40. The second-order valence-electron chi connectivity index (χ2n) is 4.97. The number of carbonyl (C=O) groups excluding carboxylic acids is 1. The Hall–Kier alpha value is -1.58. The van der Waals surface area contributed by atoms with E-state index in [9.17, 15) is 9.18 Å². The van der Waals surface area contributed by atoms with Gasteiger partial charge in [0, 0.05) is 25.4 Å². The van der Waals surface area contributed by atoms with Crippen molar-refractivity contribution in [3.8, 4) is 5.75 Å². The molecule has 1 aromatic carbocycles. The molecule has 1 aliphatic heterocycles. The molecule has 0 N–H and O–H groups in total. The smallest absolute Gasteiger partial charge is 0.222 e. The summed E-state index contributed by atoms with van der Waals surface area (Å²) in [4.78, 5) is 13.6. The molecule has 1 saturated heterocycles. The number of halogens is 1. The van der Waals surface area contributed by atoms with E-state index in [1.165, 1.54) is 12.1 Å². The van der Waals surface area contributed by atoms with Crippen molar-refractivity contribution in [2.24, 2.45) is 5.92 Å². The molecule has 0 saturated carbocycles. The Labute approximate surface area is 113 Å². The van der Waals surface area contributed by atoms with Crippen molar-refractivity contribution in [2.75, 3.05) is 19.7 Å². The van der Waals surface area contributed by atoms with E-state index >= 15 is 0 Å². The minimum Gasteiger partial charge on any atom is -0.493 e. The molecule has 1 amide bonds. The van der Waals surface area contributed by atoms with Gasteiger partial charge in [-0.05, 0) is 37.1 Å². The normalized spacial score (nSPS) is 19.3. The Balaban J connectivity index is 1.82. The molecule has 0 radical (unpaired) electrons. The highest BCUT2D eigenvalue weighted by atomic mass is 19.1. The van der Waals surface area contributed by atoms with Crippen molar-refractivity contribution < 1.29 is 13.9 Å². The summed E-state index contributed by atoms with van der Waals surface area (Å²) in [6.07, 6.45) is 2.67. The van der Waals surface area contributed by atoms with Crippen LogP contribution in [0.25, 0.3) is 0 Å². The molecule has 4 heteroatoms. The molecule has 1 aromatic rings. The molecule has 1 unspecified atom stereocenters. The third kappa shape index (κ3) is 3.94. The van der Waals surface area contributed by atoms with Gasteiger partial charge in [0.05, 0.1) is 6.61 Å². The first-order valence-corrected chi connectivity index (χ1v) is 6.85. The van der Waals surface area contributed by atoms with Crippen LogP contribution in [0.4, 0.5) is 4.39 Å². The van der Waals surface area contributed by atoms with Crippen molar-refractivity contribution in [3.63, 3.8) is 0 Å². The maximum atomic E-state index is 12.8. The van der Waals surface area contributed by atoms with Crippen molar-refractivity contribution in [3.05, 3.63) is 30.1 Å². The predicted octanol–water partition coefficient (Wildman–Crippen LogP) is 2.85. The molecule has 1 aliphatic rings. The molecular weight excluding hydrogens is 245 g/mol. The molecule has 104 valence electrons. The van der Waals surface area contributed by atoms with Crippen LogP contribution >= 0.6 is 0 Å². The number of likely N-dealkylation sites (tertiary alicyclic amines) is 1. The fourth-order valence-corrected chi connectivity index (χ4v) is 2.40. The summed E-state index contributed by atoms with van der Waals surface area (Å²) < 4.78 is 18.4. The second kappa shape index (κ2) is 6.55. The predicted molar refractivity (Wildman–Crippen MR) is 71.5 cm³/mol. The molecule has 0 bridgehead atoms. The summed E-state index contributed by atoms with van der Waals surface area (Å²) in [5, 5.41) is 0. The van der Waals surface area contributed by atoms with E-state index in [4.69, 9.17) is 4.74 Å². The van der Waals surface area contributed by atoms with Gasteiger partial charge in [-0.3, -0.25) is 4.79 Å². The zero-order valence-electron chi connectivity index (χ0n) is 11.3.